The molecule has 0 N–H and O–H groups in total. The van der Waals surface area contributed by atoms with Gasteiger partial charge in [0.2, 0.25) is 0 Å². The molecule has 0 aromatic rings. The second kappa shape index (κ2) is 22.5. The first-order valence-corrected chi connectivity index (χ1v) is 23.1. The van der Waals surface area contributed by atoms with E-state index in [0.29, 0.717) is 0 Å². The van der Waals surface area contributed by atoms with Crippen LogP contribution < -0.4 is 0 Å². The quantitative estimate of drug-likeness (QED) is 0.366. The van der Waals surface area contributed by atoms with Gasteiger partial charge in [-0.2, -0.15) is 0 Å². The van der Waals surface area contributed by atoms with Crippen LogP contribution in [-0.4, -0.2) is 88.3 Å². The van der Waals surface area contributed by atoms with E-state index >= 15 is 0 Å². The first kappa shape index (κ1) is 18.0. The minimum atomic E-state index is -0.363. The fraction of sp³-hybridized carbons (Fsp3) is 0. The van der Waals surface area contributed by atoms with Crippen molar-refractivity contribution in [1.29, 1.82) is 0 Å². The van der Waals surface area contributed by atoms with Crippen LogP contribution in [0.3, 0.4) is 0 Å². The Labute approximate surface area is 141 Å². The zero-order valence-electron chi connectivity index (χ0n) is 3.48. The van der Waals surface area contributed by atoms with Crippen LogP contribution in [-0.2, 0) is 14.9 Å². The second-order valence-electron chi connectivity index (χ2n) is 0.139. The average molecular weight is 660 g/mol. The van der Waals surface area contributed by atoms with E-state index in [0.717, 1.165) is 0 Å². The van der Waals surface area contributed by atoms with Crippen molar-refractivity contribution >= 4 is 132 Å². The molecule has 0 rings (SSSR count). The summed E-state index contributed by atoms with van der Waals surface area (Å²) in [6, 6.07) is 0. The van der Waals surface area contributed by atoms with E-state index in [2.05, 4.69) is 43.6 Å². The zero-order valence-corrected chi connectivity index (χ0v) is 20.5. The van der Waals surface area contributed by atoms with Gasteiger partial charge in [-0.05, 0) is 0 Å². The first-order valence-electron chi connectivity index (χ1n) is 0.711. The maximum atomic E-state index is 4.34. The van der Waals surface area contributed by atoms with Crippen LogP contribution in [0.4, 0.5) is 0 Å². The van der Waals surface area contributed by atoms with Gasteiger partial charge < -0.3 is 0 Å². The van der Waals surface area contributed by atoms with Gasteiger partial charge in [0.15, 0.2) is 0 Å². The Bertz CT molecular complexity index is 45.0. The third kappa shape index (κ3) is 35.5. The Morgan fingerprint density at radius 1 is 1.29 bits per heavy atom. The Hall–Kier alpha value is 5.06. The standard InChI is InChI=1S/2BrH.Cs.Mo.Pb.2S/h2*1H;;;;;/q;;;;+2;;/p-2. The molecule has 0 fully saturated rings. The fourth-order valence-corrected chi connectivity index (χ4v) is 0. The Kier molecular flexibility index (Phi) is 57.7. The third-order valence-corrected chi connectivity index (χ3v) is 0. The van der Waals surface area contributed by atoms with Gasteiger partial charge in [-0.15, -0.1) is 0 Å². The van der Waals surface area contributed by atoms with Crippen LogP contribution in [0, 0.1) is 0 Å². The molecule has 0 bridgehead atoms. The van der Waals surface area contributed by atoms with Gasteiger partial charge in [0.05, 0.1) is 0 Å². The Morgan fingerprint density at radius 3 is 1.29 bits per heavy atom. The van der Waals surface area contributed by atoms with E-state index in [-0.39, 0.29) is 103 Å². The Morgan fingerprint density at radius 2 is 1.29 bits per heavy atom. The topological polar surface area (TPSA) is 0 Å². The summed E-state index contributed by atoms with van der Waals surface area (Å²) in [7, 11) is 8.68. The van der Waals surface area contributed by atoms with Gasteiger partial charge in [-0.25, -0.2) is 0 Å². The van der Waals surface area contributed by atoms with Crippen molar-refractivity contribution in [3.05, 3.63) is 0 Å². The molecule has 0 saturated carbocycles. The van der Waals surface area contributed by atoms with Gasteiger partial charge in [-0.3, -0.25) is 0 Å². The van der Waals surface area contributed by atoms with Crippen molar-refractivity contribution < 1.29 is 14.9 Å². The average Bonchev–Trinajstić information content (AvgIpc) is 1.39. The molecule has 7 heteroatoms. The van der Waals surface area contributed by atoms with Crippen LogP contribution in [0.25, 0.3) is 0 Å². The monoisotopic (exact) mass is 661 g/mol. The van der Waals surface area contributed by atoms with E-state index in [9.17, 15) is 0 Å². The summed E-state index contributed by atoms with van der Waals surface area (Å²) in [5.74, 6) is 0. The van der Waals surface area contributed by atoms with Crippen molar-refractivity contribution in [3.63, 3.8) is 0 Å². The van der Waals surface area contributed by atoms with Crippen molar-refractivity contribution in [2.75, 3.05) is 0 Å². The molecule has 0 atom stereocenters. The maximum absolute atomic E-state index is 4.34. The molecule has 0 aromatic carbocycles. The van der Waals surface area contributed by atoms with E-state index in [1.165, 1.54) is 0 Å². The first-order chi connectivity index (χ1) is 2.83. The number of halogens is 2. The summed E-state index contributed by atoms with van der Waals surface area (Å²) in [5, 5.41) is 0. The second-order valence-corrected chi connectivity index (χ2v) is 20.5. The molecule has 0 aliphatic carbocycles. The molecule has 0 aliphatic rings. The van der Waals surface area contributed by atoms with Gasteiger partial charge in [0.1, 0.15) is 0 Å². The van der Waals surface area contributed by atoms with Crippen molar-refractivity contribution in [2.45, 2.75) is 0 Å². The van der Waals surface area contributed by atoms with Crippen LogP contribution in [0.5, 0.6) is 0 Å². The molecule has 0 aromatic heterocycles. The summed E-state index contributed by atoms with van der Waals surface area (Å²) in [6.45, 7) is 0. The SMILES string of the molecule is [Br][Pb][Br].[Cs].[S]=[Mo]=[S]. The van der Waals surface area contributed by atoms with Gasteiger partial charge in [0.25, 0.3) is 0 Å². The fourth-order valence-electron chi connectivity index (χ4n) is 0. The van der Waals surface area contributed by atoms with Crippen LogP contribution in [0.1, 0.15) is 0 Å². The summed E-state index contributed by atoms with van der Waals surface area (Å²) in [6.07, 6.45) is 0. The molecular weight excluding hydrogens is 660 g/mol. The molecule has 0 spiro atoms. The van der Waals surface area contributed by atoms with Gasteiger partial charge >= 0.3 is 78.0 Å². The van der Waals surface area contributed by atoms with Gasteiger partial charge in [-0.1, -0.05) is 0 Å². The predicted octanol–water partition coefficient (Wildman–Crippen LogP) is 2.22. The summed E-state index contributed by atoms with van der Waals surface area (Å²) < 4.78 is 0. The minimum absolute atomic E-state index is 0. The normalized spacial score (nSPS) is 4.29. The molecule has 37 valence electrons. The van der Waals surface area contributed by atoms with E-state index in [1.807, 2.05) is 0 Å². The summed E-state index contributed by atoms with van der Waals surface area (Å²) in [5.41, 5.74) is 0. The van der Waals surface area contributed by atoms with E-state index in [1.54, 1.807) is 0 Å². The molecule has 0 aliphatic heterocycles. The van der Waals surface area contributed by atoms with E-state index in [4.69, 9.17) is 0 Å². The number of hydrogen-bond acceptors (Lipinski definition) is 2. The molecule has 0 amide bonds. The van der Waals surface area contributed by atoms with Crippen molar-refractivity contribution in [3.8, 4) is 0 Å². The molecular formula is Br2CsMoPbS2. The zero-order chi connectivity index (χ0) is 5.41. The summed E-state index contributed by atoms with van der Waals surface area (Å²) in [4.78, 5) is 0. The third-order valence-electron chi connectivity index (χ3n) is 0. The van der Waals surface area contributed by atoms with Crippen LogP contribution in [0.15, 0.2) is 0 Å². The molecule has 0 saturated heterocycles. The molecule has 0 heterocycles. The Balaban J connectivity index is -0.0000000400. The van der Waals surface area contributed by atoms with Gasteiger partial charge in [0, 0.05) is 68.9 Å². The van der Waals surface area contributed by atoms with Crippen LogP contribution in [0.2, 0.25) is 0 Å². The number of rotatable bonds is 0. The van der Waals surface area contributed by atoms with Crippen molar-refractivity contribution in [1.82, 2.24) is 0 Å². The summed E-state index contributed by atoms with van der Waals surface area (Å²) >= 11 is 5.86. The molecule has 3 radical (unpaired) electrons. The van der Waals surface area contributed by atoms with Crippen LogP contribution >= 0.6 is 43.6 Å². The van der Waals surface area contributed by atoms with E-state index < -0.39 is 0 Å². The molecule has 7 heavy (non-hydrogen) atoms. The molecule has 0 nitrogen and oxygen atoms in total. The van der Waals surface area contributed by atoms with Crippen molar-refractivity contribution in [2.24, 2.45) is 0 Å². The molecule has 0 unspecified atom stereocenters. The number of hydrogen-bond donors (Lipinski definition) is 0. The predicted molar refractivity (Wildman–Crippen MR) is 44.5 cm³/mol.